The molecule has 2 saturated heterocycles. The van der Waals surface area contributed by atoms with Crippen molar-refractivity contribution in [3.8, 4) is 0 Å². The van der Waals surface area contributed by atoms with Crippen molar-refractivity contribution in [1.82, 2.24) is 20.4 Å². The van der Waals surface area contributed by atoms with E-state index in [1.54, 1.807) is 0 Å². The number of carbonyl (C=O) groups excluding carboxylic acids is 1. The topological polar surface area (TPSA) is 60.0 Å². The summed E-state index contributed by atoms with van der Waals surface area (Å²) < 4.78 is 0. The predicted octanol–water partition coefficient (Wildman–Crippen LogP) is 3.52. The van der Waals surface area contributed by atoms with Gasteiger partial charge in [-0.05, 0) is 63.2 Å². The van der Waals surface area contributed by atoms with Crippen LogP contribution in [0.1, 0.15) is 69.9 Å². The summed E-state index contributed by atoms with van der Waals surface area (Å²) in [4.78, 5) is 21.4. The summed E-state index contributed by atoms with van der Waals surface area (Å²) in [6.45, 7) is 11.0. The highest BCUT2D eigenvalue weighted by Crippen LogP contribution is 2.18. The van der Waals surface area contributed by atoms with Crippen molar-refractivity contribution < 1.29 is 4.79 Å². The number of piperidine rings is 1. The van der Waals surface area contributed by atoms with Crippen molar-refractivity contribution in [3.63, 3.8) is 0 Å². The lowest BCUT2D eigenvalue weighted by atomic mass is 10.1. The maximum absolute atomic E-state index is 12.0. The van der Waals surface area contributed by atoms with Crippen LogP contribution < -0.4 is 10.6 Å². The first-order valence-corrected chi connectivity index (χ1v) is 12.3. The van der Waals surface area contributed by atoms with Crippen LogP contribution >= 0.6 is 0 Å². The standard InChI is InChI=1S/C25H41N5O/c1-3-23(30-18-8-9-24(30)31)14-15-27-25(26-4-2)28-19-21-10-12-22(13-11-21)20-29-16-6-5-7-17-29/h10-13,23H,3-9,14-20H2,1-2H3,(H2,26,27,28). The fourth-order valence-electron chi connectivity index (χ4n) is 4.63. The second kappa shape index (κ2) is 12.7. The Morgan fingerprint density at radius 3 is 2.39 bits per heavy atom. The summed E-state index contributed by atoms with van der Waals surface area (Å²) in [5.41, 5.74) is 2.62. The molecule has 31 heavy (non-hydrogen) atoms. The van der Waals surface area contributed by atoms with Gasteiger partial charge in [0.15, 0.2) is 5.96 Å². The molecule has 1 atom stereocenters. The van der Waals surface area contributed by atoms with Crippen LogP contribution in [0, 0.1) is 0 Å². The zero-order valence-electron chi connectivity index (χ0n) is 19.5. The molecule has 1 amide bonds. The number of rotatable bonds is 10. The lowest BCUT2D eigenvalue weighted by molar-refractivity contribution is -0.129. The summed E-state index contributed by atoms with van der Waals surface area (Å²) in [7, 11) is 0. The normalized spacial score (nSPS) is 19.0. The molecular formula is C25H41N5O. The SMILES string of the molecule is CCNC(=NCc1ccc(CN2CCCCC2)cc1)NCCC(CC)N1CCCC1=O. The minimum Gasteiger partial charge on any atom is -0.357 e. The van der Waals surface area contributed by atoms with E-state index in [4.69, 9.17) is 4.99 Å². The van der Waals surface area contributed by atoms with E-state index in [1.807, 2.05) is 0 Å². The van der Waals surface area contributed by atoms with Gasteiger partial charge in [0.1, 0.15) is 0 Å². The smallest absolute Gasteiger partial charge is 0.222 e. The molecule has 3 rings (SSSR count). The first-order chi connectivity index (χ1) is 15.2. The molecular weight excluding hydrogens is 386 g/mol. The van der Waals surface area contributed by atoms with Crippen LogP contribution in [0.4, 0.5) is 0 Å². The van der Waals surface area contributed by atoms with Gasteiger partial charge >= 0.3 is 0 Å². The first-order valence-electron chi connectivity index (χ1n) is 12.3. The van der Waals surface area contributed by atoms with Gasteiger partial charge < -0.3 is 15.5 Å². The second-order valence-electron chi connectivity index (χ2n) is 8.82. The fraction of sp³-hybridized carbons (Fsp3) is 0.680. The van der Waals surface area contributed by atoms with Crippen LogP contribution in [0.15, 0.2) is 29.3 Å². The Morgan fingerprint density at radius 2 is 1.74 bits per heavy atom. The zero-order valence-corrected chi connectivity index (χ0v) is 19.5. The first kappa shape index (κ1) is 23.6. The minimum absolute atomic E-state index is 0.316. The van der Waals surface area contributed by atoms with Crippen molar-refractivity contribution in [1.29, 1.82) is 0 Å². The summed E-state index contributed by atoms with van der Waals surface area (Å²) in [5, 5.41) is 6.79. The number of likely N-dealkylation sites (tertiary alicyclic amines) is 2. The maximum Gasteiger partial charge on any atom is 0.222 e. The van der Waals surface area contributed by atoms with Gasteiger partial charge in [0.25, 0.3) is 0 Å². The van der Waals surface area contributed by atoms with Crippen molar-refractivity contribution in [2.24, 2.45) is 4.99 Å². The van der Waals surface area contributed by atoms with Gasteiger partial charge in [0.05, 0.1) is 6.54 Å². The van der Waals surface area contributed by atoms with Crippen molar-refractivity contribution >= 4 is 11.9 Å². The van der Waals surface area contributed by atoms with Gasteiger partial charge in [0, 0.05) is 38.6 Å². The molecule has 6 heteroatoms. The van der Waals surface area contributed by atoms with E-state index < -0.39 is 0 Å². The van der Waals surface area contributed by atoms with Crippen molar-refractivity contribution in [2.45, 2.75) is 77.9 Å². The molecule has 1 aromatic carbocycles. The molecule has 2 aliphatic heterocycles. The fourth-order valence-corrected chi connectivity index (χ4v) is 4.63. The average molecular weight is 428 g/mol. The average Bonchev–Trinajstić information content (AvgIpc) is 3.22. The van der Waals surface area contributed by atoms with Crippen LogP contribution in [0.25, 0.3) is 0 Å². The van der Waals surface area contributed by atoms with Crippen molar-refractivity contribution in [2.75, 3.05) is 32.7 Å². The third-order valence-corrected chi connectivity index (χ3v) is 6.43. The number of aliphatic imine (C=N–C) groups is 1. The van der Waals surface area contributed by atoms with E-state index in [0.717, 1.165) is 51.4 Å². The number of hydrogen-bond acceptors (Lipinski definition) is 3. The van der Waals surface area contributed by atoms with Gasteiger partial charge in [-0.25, -0.2) is 4.99 Å². The third-order valence-electron chi connectivity index (χ3n) is 6.43. The van der Waals surface area contributed by atoms with E-state index in [9.17, 15) is 4.79 Å². The van der Waals surface area contributed by atoms with E-state index in [0.29, 0.717) is 24.9 Å². The van der Waals surface area contributed by atoms with Gasteiger partial charge in [-0.1, -0.05) is 37.6 Å². The molecule has 2 aliphatic rings. The van der Waals surface area contributed by atoms with E-state index in [-0.39, 0.29) is 0 Å². The number of nitrogens with zero attached hydrogens (tertiary/aromatic N) is 3. The Kier molecular flexibility index (Phi) is 9.66. The Bertz CT molecular complexity index is 696. The molecule has 2 heterocycles. The highest BCUT2D eigenvalue weighted by Gasteiger charge is 2.26. The maximum atomic E-state index is 12.0. The molecule has 0 bridgehead atoms. The van der Waals surface area contributed by atoms with Crippen LogP contribution in [-0.4, -0.2) is 60.4 Å². The zero-order chi connectivity index (χ0) is 21.9. The van der Waals surface area contributed by atoms with Crippen LogP contribution in [0.3, 0.4) is 0 Å². The lowest BCUT2D eigenvalue weighted by Crippen LogP contribution is -2.42. The molecule has 0 aromatic heterocycles. The monoisotopic (exact) mass is 427 g/mol. The largest absolute Gasteiger partial charge is 0.357 e. The molecule has 0 radical (unpaired) electrons. The Balaban J connectivity index is 1.46. The van der Waals surface area contributed by atoms with Crippen LogP contribution in [0.2, 0.25) is 0 Å². The summed E-state index contributed by atoms with van der Waals surface area (Å²) >= 11 is 0. The number of hydrogen-bond donors (Lipinski definition) is 2. The molecule has 172 valence electrons. The molecule has 1 aromatic rings. The molecule has 0 aliphatic carbocycles. The van der Waals surface area contributed by atoms with Crippen molar-refractivity contribution in [3.05, 3.63) is 35.4 Å². The Hall–Kier alpha value is -2.08. The van der Waals surface area contributed by atoms with E-state index >= 15 is 0 Å². The second-order valence-corrected chi connectivity index (χ2v) is 8.82. The molecule has 0 saturated carbocycles. The summed E-state index contributed by atoms with van der Waals surface area (Å²) in [6.07, 6.45) is 7.73. The molecule has 1 unspecified atom stereocenters. The Morgan fingerprint density at radius 1 is 1.00 bits per heavy atom. The van der Waals surface area contributed by atoms with E-state index in [2.05, 4.69) is 58.5 Å². The van der Waals surface area contributed by atoms with Gasteiger partial charge in [-0.15, -0.1) is 0 Å². The van der Waals surface area contributed by atoms with Gasteiger partial charge in [-0.3, -0.25) is 9.69 Å². The minimum atomic E-state index is 0.316. The number of amides is 1. The third kappa shape index (κ3) is 7.53. The molecule has 0 spiro atoms. The number of guanidine groups is 1. The summed E-state index contributed by atoms with van der Waals surface area (Å²) in [6, 6.07) is 9.24. The van der Waals surface area contributed by atoms with Crippen LogP contribution in [-0.2, 0) is 17.9 Å². The number of benzene rings is 1. The van der Waals surface area contributed by atoms with Gasteiger partial charge in [0.2, 0.25) is 5.91 Å². The molecule has 2 N–H and O–H groups in total. The number of nitrogens with one attached hydrogen (secondary N) is 2. The number of carbonyl (C=O) groups is 1. The molecule has 6 nitrogen and oxygen atoms in total. The highest BCUT2D eigenvalue weighted by molar-refractivity contribution is 5.80. The lowest BCUT2D eigenvalue weighted by Gasteiger charge is -2.27. The Labute approximate surface area is 188 Å². The summed E-state index contributed by atoms with van der Waals surface area (Å²) in [5.74, 6) is 1.17. The highest BCUT2D eigenvalue weighted by atomic mass is 16.2. The predicted molar refractivity (Wildman–Crippen MR) is 128 cm³/mol. The van der Waals surface area contributed by atoms with E-state index in [1.165, 1.54) is 43.5 Å². The quantitative estimate of drug-likeness (QED) is 0.443. The van der Waals surface area contributed by atoms with Crippen LogP contribution in [0.5, 0.6) is 0 Å². The molecule has 2 fully saturated rings. The van der Waals surface area contributed by atoms with Gasteiger partial charge in [-0.2, -0.15) is 0 Å².